The van der Waals surface area contributed by atoms with Gasteiger partial charge in [-0.05, 0) is 6.42 Å². The Kier molecular flexibility index (Phi) is 4.86. The number of methoxy groups -OCH3 is 1. The highest BCUT2D eigenvalue weighted by molar-refractivity contribution is 5.78. The Morgan fingerprint density at radius 3 is 3.14 bits per heavy atom. The van der Waals surface area contributed by atoms with E-state index in [1.807, 2.05) is 0 Å². The van der Waals surface area contributed by atoms with Gasteiger partial charge in [-0.15, -0.1) is 0 Å². The van der Waals surface area contributed by atoms with Gasteiger partial charge in [-0.2, -0.15) is 0 Å². The molecule has 1 heterocycles. The van der Waals surface area contributed by atoms with E-state index < -0.39 is 0 Å². The Morgan fingerprint density at radius 1 is 1.71 bits per heavy atom. The van der Waals surface area contributed by atoms with Crippen LogP contribution in [0.1, 0.15) is 6.42 Å². The Morgan fingerprint density at radius 2 is 2.50 bits per heavy atom. The normalized spacial score (nSPS) is 22.9. The summed E-state index contributed by atoms with van der Waals surface area (Å²) in [6.07, 6.45) is 0.547. The molecule has 14 heavy (non-hydrogen) atoms. The van der Waals surface area contributed by atoms with Gasteiger partial charge in [0.1, 0.15) is 6.61 Å². The van der Waals surface area contributed by atoms with E-state index in [1.54, 1.807) is 12.0 Å². The molecule has 1 N–H and O–H groups in total. The van der Waals surface area contributed by atoms with Crippen molar-refractivity contribution in [3.8, 4) is 0 Å². The zero-order valence-electron chi connectivity index (χ0n) is 8.44. The van der Waals surface area contributed by atoms with E-state index in [-0.39, 0.29) is 25.2 Å². The topological polar surface area (TPSA) is 59.0 Å². The molecule has 0 spiro atoms. The Bertz CT molecular complexity index is 186. The lowest BCUT2D eigenvalue weighted by atomic mass is 10.2. The first-order valence-corrected chi connectivity index (χ1v) is 4.77. The smallest absolute Gasteiger partial charge is 0.248 e. The van der Waals surface area contributed by atoms with E-state index in [2.05, 4.69) is 0 Å². The summed E-state index contributed by atoms with van der Waals surface area (Å²) in [6.45, 7) is 1.91. The molecule has 0 aromatic heterocycles. The minimum absolute atomic E-state index is 0.00348. The number of morpholine rings is 1. The van der Waals surface area contributed by atoms with Gasteiger partial charge in [0, 0.05) is 26.8 Å². The first-order chi connectivity index (χ1) is 6.77. The third-order valence-corrected chi connectivity index (χ3v) is 2.24. The summed E-state index contributed by atoms with van der Waals surface area (Å²) >= 11 is 0. The number of rotatable bonds is 5. The van der Waals surface area contributed by atoms with E-state index in [0.29, 0.717) is 26.1 Å². The van der Waals surface area contributed by atoms with Gasteiger partial charge >= 0.3 is 0 Å². The fourth-order valence-corrected chi connectivity index (χ4v) is 1.42. The minimum atomic E-state index is -0.0328. The number of carbonyl (C=O) groups is 1. The van der Waals surface area contributed by atoms with E-state index >= 15 is 0 Å². The van der Waals surface area contributed by atoms with Crippen molar-refractivity contribution in [1.29, 1.82) is 0 Å². The number of aliphatic hydroxyl groups is 1. The molecule has 5 nitrogen and oxygen atoms in total. The predicted octanol–water partition coefficient (Wildman–Crippen LogP) is -0.757. The molecular formula is C9H17NO4. The lowest BCUT2D eigenvalue weighted by Gasteiger charge is -2.32. The third-order valence-electron chi connectivity index (χ3n) is 2.24. The lowest BCUT2D eigenvalue weighted by molar-refractivity contribution is -0.150. The van der Waals surface area contributed by atoms with Crippen molar-refractivity contribution in [2.24, 2.45) is 0 Å². The van der Waals surface area contributed by atoms with Crippen molar-refractivity contribution in [3.63, 3.8) is 0 Å². The number of hydrogen-bond donors (Lipinski definition) is 1. The highest BCUT2D eigenvalue weighted by Crippen LogP contribution is 2.08. The van der Waals surface area contributed by atoms with E-state index in [0.717, 1.165) is 0 Å². The molecular weight excluding hydrogens is 186 g/mol. The number of nitrogens with zero attached hydrogens (tertiary/aromatic N) is 1. The van der Waals surface area contributed by atoms with Crippen LogP contribution in [0.2, 0.25) is 0 Å². The summed E-state index contributed by atoms with van der Waals surface area (Å²) in [5.74, 6) is -0.00348. The standard InChI is InChI=1S/C9H17NO4/c1-13-5-3-10-6-8(2-4-11)14-7-9(10)12/h8,11H,2-7H2,1H3. The van der Waals surface area contributed by atoms with Crippen molar-refractivity contribution in [2.45, 2.75) is 12.5 Å². The van der Waals surface area contributed by atoms with Crippen molar-refractivity contribution >= 4 is 5.91 Å². The van der Waals surface area contributed by atoms with Gasteiger partial charge in [-0.1, -0.05) is 0 Å². The molecule has 1 rings (SSSR count). The summed E-state index contributed by atoms with van der Waals surface area (Å²) in [6, 6.07) is 0. The number of carbonyl (C=O) groups excluding carboxylic acids is 1. The van der Waals surface area contributed by atoms with E-state index in [4.69, 9.17) is 14.6 Å². The van der Waals surface area contributed by atoms with Crippen LogP contribution < -0.4 is 0 Å². The van der Waals surface area contributed by atoms with Crippen LogP contribution in [0.25, 0.3) is 0 Å². The summed E-state index contributed by atoms with van der Waals surface area (Å²) in [4.78, 5) is 13.0. The first kappa shape index (κ1) is 11.4. The van der Waals surface area contributed by atoms with Crippen LogP contribution in [0.4, 0.5) is 0 Å². The second-order valence-electron chi connectivity index (χ2n) is 3.28. The van der Waals surface area contributed by atoms with Gasteiger partial charge in [0.05, 0.1) is 12.7 Å². The predicted molar refractivity (Wildman–Crippen MR) is 49.9 cm³/mol. The molecule has 1 fully saturated rings. The SMILES string of the molecule is COCCN1CC(CCO)OCC1=O. The fourth-order valence-electron chi connectivity index (χ4n) is 1.42. The van der Waals surface area contributed by atoms with Crippen LogP contribution in [0.15, 0.2) is 0 Å². The largest absolute Gasteiger partial charge is 0.396 e. The molecule has 1 amide bonds. The average Bonchev–Trinajstić information content (AvgIpc) is 2.19. The number of aliphatic hydroxyl groups excluding tert-OH is 1. The number of ether oxygens (including phenoxy) is 2. The molecule has 0 bridgehead atoms. The summed E-state index contributed by atoms with van der Waals surface area (Å²) < 4.78 is 10.2. The Hall–Kier alpha value is -0.650. The van der Waals surface area contributed by atoms with Crippen LogP contribution in [0, 0.1) is 0 Å². The monoisotopic (exact) mass is 203 g/mol. The van der Waals surface area contributed by atoms with Crippen molar-refractivity contribution < 1.29 is 19.4 Å². The highest BCUT2D eigenvalue weighted by Gasteiger charge is 2.25. The summed E-state index contributed by atoms with van der Waals surface area (Å²) in [5, 5.41) is 8.74. The van der Waals surface area contributed by atoms with Crippen LogP contribution in [0.3, 0.4) is 0 Å². The molecule has 0 saturated carbocycles. The van der Waals surface area contributed by atoms with Gasteiger partial charge < -0.3 is 19.5 Å². The molecule has 1 atom stereocenters. The maximum atomic E-state index is 11.3. The quantitative estimate of drug-likeness (QED) is 0.638. The fraction of sp³-hybridized carbons (Fsp3) is 0.889. The zero-order valence-corrected chi connectivity index (χ0v) is 8.44. The minimum Gasteiger partial charge on any atom is -0.396 e. The van der Waals surface area contributed by atoms with E-state index in [9.17, 15) is 4.79 Å². The summed E-state index contributed by atoms with van der Waals surface area (Å²) in [5.41, 5.74) is 0. The molecule has 1 saturated heterocycles. The maximum Gasteiger partial charge on any atom is 0.248 e. The third kappa shape index (κ3) is 3.25. The van der Waals surface area contributed by atoms with Gasteiger partial charge in [0.25, 0.3) is 0 Å². The maximum absolute atomic E-state index is 11.3. The molecule has 0 aliphatic carbocycles. The van der Waals surface area contributed by atoms with Gasteiger partial charge in [0.15, 0.2) is 0 Å². The Balaban J connectivity index is 2.34. The first-order valence-electron chi connectivity index (χ1n) is 4.77. The molecule has 0 aromatic carbocycles. The molecule has 1 unspecified atom stereocenters. The van der Waals surface area contributed by atoms with Crippen LogP contribution in [-0.2, 0) is 14.3 Å². The molecule has 0 aromatic rings. The molecule has 82 valence electrons. The lowest BCUT2D eigenvalue weighted by Crippen LogP contribution is -2.48. The average molecular weight is 203 g/mol. The van der Waals surface area contributed by atoms with Crippen LogP contribution in [0.5, 0.6) is 0 Å². The second-order valence-corrected chi connectivity index (χ2v) is 3.28. The molecule has 5 heteroatoms. The van der Waals surface area contributed by atoms with Crippen molar-refractivity contribution in [2.75, 3.05) is 40.0 Å². The van der Waals surface area contributed by atoms with Gasteiger partial charge in [-0.3, -0.25) is 4.79 Å². The van der Waals surface area contributed by atoms with Crippen LogP contribution >= 0.6 is 0 Å². The Labute approximate surface area is 83.6 Å². The van der Waals surface area contributed by atoms with E-state index in [1.165, 1.54) is 0 Å². The number of amides is 1. The van der Waals surface area contributed by atoms with Crippen molar-refractivity contribution in [3.05, 3.63) is 0 Å². The van der Waals surface area contributed by atoms with Crippen molar-refractivity contribution in [1.82, 2.24) is 4.90 Å². The molecule has 0 radical (unpaired) electrons. The molecule has 1 aliphatic rings. The van der Waals surface area contributed by atoms with Crippen LogP contribution in [-0.4, -0.2) is 62.0 Å². The number of hydrogen-bond acceptors (Lipinski definition) is 4. The van der Waals surface area contributed by atoms with Gasteiger partial charge in [0.2, 0.25) is 5.91 Å². The molecule has 1 aliphatic heterocycles. The second kappa shape index (κ2) is 5.95. The summed E-state index contributed by atoms with van der Waals surface area (Å²) in [7, 11) is 1.61. The highest BCUT2D eigenvalue weighted by atomic mass is 16.5. The van der Waals surface area contributed by atoms with Gasteiger partial charge in [-0.25, -0.2) is 0 Å². The zero-order chi connectivity index (χ0) is 10.4.